The van der Waals surface area contributed by atoms with Gasteiger partial charge in [-0.05, 0) is 136 Å². The van der Waals surface area contributed by atoms with Gasteiger partial charge in [0.05, 0.1) is 11.0 Å². The zero-order chi connectivity index (χ0) is 40.1. The largest absolute Gasteiger partial charge is 0.332 e. The van der Waals surface area contributed by atoms with Crippen molar-refractivity contribution in [1.82, 2.24) is 0 Å². The van der Waals surface area contributed by atoms with E-state index in [4.69, 9.17) is 0 Å². The minimum atomic E-state index is -0.569. The molecule has 0 saturated carbocycles. The van der Waals surface area contributed by atoms with Crippen molar-refractivity contribution in [2.24, 2.45) is 0 Å². The van der Waals surface area contributed by atoms with Crippen molar-refractivity contribution >= 4 is 49.9 Å². The van der Waals surface area contributed by atoms with Crippen LogP contribution in [0.3, 0.4) is 0 Å². The van der Waals surface area contributed by atoms with Gasteiger partial charge in [0.1, 0.15) is 0 Å². The summed E-state index contributed by atoms with van der Waals surface area (Å²) < 4.78 is 0. The molecule has 8 aromatic rings. The third kappa shape index (κ3) is 5.62. The molecule has 0 heterocycles. The normalized spacial score (nSPS) is 17.6. The minimum Gasteiger partial charge on any atom is -0.332 e. The second-order valence-electron chi connectivity index (χ2n) is 16.6. The van der Waals surface area contributed by atoms with Crippen LogP contribution in [0.25, 0.3) is 27.1 Å². The summed E-state index contributed by atoms with van der Waals surface area (Å²) in [4.78, 5) is 4.98. The molecule has 60 heavy (non-hydrogen) atoms. The first kappa shape index (κ1) is 36.0. The van der Waals surface area contributed by atoms with E-state index in [0.717, 1.165) is 36.3 Å². The molecule has 3 aliphatic carbocycles. The zero-order valence-electron chi connectivity index (χ0n) is 33.9. The summed E-state index contributed by atoms with van der Waals surface area (Å²) in [5.74, 6) is 0. The first-order chi connectivity index (χ1) is 29.6. The summed E-state index contributed by atoms with van der Waals surface area (Å²) in [6, 6.07) is 71.5. The van der Waals surface area contributed by atoms with E-state index in [1.165, 1.54) is 66.3 Å². The second-order valence-corrected chi connectivity index (χ2v) is 16.6. The molecule has 0 N–H and O–H groups in total. The summed E-state index contributed by atoms with van der Waals surface area (Å²) in [6.45, 7) is 2.44. The van der Waals surface area contributed by atoms with Crippen molar-refractivity contribution in [3.8, 4) is 0 Å². The Morgan fingerprint density at radius 2 is 1.02 bits per heavy atom. The maximum Gasteiger partial charge on any atom is 0.0683 e. The first-order valence-corrected chi connectivity index (χ1v) is 21.3. The molecular weight excluding hydrogens is 725 g/mol. The average Bonchev–Trinajstić information content (AvgIpc) is 3.62. The predicted molar refractivity (Wildman–Crippen MR) is 253 cm³/mol. The van der Waals surface area contributed by atoms with Gasteiger partial charge in [-0.2, -0.15) is 0 Å². The number of hydrogen-bond acceptors (Lipinski definition) is 2. The predicted octanol–water partition coefficient (Wildman–Crippen LogP) is 15.0. The highest BCUT2D eigenvalue weighted by Gasteiger charge is 2.52. The third-order valence-corrected chi connectivity index (χ3v) is 13.0. The van der Waals surface area contributed by atoms with Gasteiger partial charge in [0.2, 0.25) is 0 Å². The van der Waals surface area contributed by atoms with Crippen molar-refractivity contribution in [2.45, 2.75) is 37.1 Å². The van der Waals surface area contributed by atoms with E-state index in [-0.39, 0.29) is 5.54 Å². The molecule has 0 bridgehead atoms. The van der Waals surface area contributed by atoms with Crippen LogP contribution >= 0.6 is 0 Å². The Morgan fingerprint density at radius 3 is 1.60 bits per heavy atom. The summed E-state index contributed by atoms with van der Waals surface area (Å²) in [5.41, 5.74) is 13.0. The lowest BCUT2D eigenvalue weighted by Crippen LogP contribution is -2.47. The Hall–Kier alpha value is -7.16. The van der Waals surface area contributed by atoms with Crippen LogP contribution in [0.4, 0.5) is 22.7 Å². The standard InChI is InChI=1S/C58H46N2/c1-57(60(46-30-16-6-17-31-46)47-32-18-7-19-33-47)39-38-52-54(41-57)58(42-22-8-2-9-23-42,43-24-10-3-11-25-43)56-51-37-36-48(40-53(51)49-34-20-21-35-50(49)55(52)56)59(44-26-12-4-13-27-44)45-28-14-5-15-29-45/h2-6,8-18,20-40H,7,19,41H2,1H3. The fourth-order valence-corrected chi connectivity index (χ4v) is 10.6. The lowest BCUT2D eigenvalue weighted by molar-refractivity contribution is 0.514. The van der Waals surface area contributed by atoms with Gasteiger partial charge in [0.15, 0.2) is 0 Å². The van der Waals surface area contributed by atoms with Crippen LogP contribution in [-0.4, -0.2) is 5.54 Å². The summed E-state index contributed by atoms with van der Waals surface area (Å²) >= 11 is 0. The van der Waals surface area contributed by atoms with Gasteiger partial charge in [0, 0.05) is 28.4 Å². The Labute approximate surface area is 353 Å². The van der Waals surface area contributed by atoms with Crippen LogP contribution in [0, 0.1) is 0 Å². The van der Waals surface area contributed by atoms with Gasteiger partial charge in [-0.1, -0.05) is 170 Å². The molecule has 0 aromatic heterocycles. The molecule has 288 valence electrons. The average molecular weight is 771 g/mol. The monoisotopic (exact) mass is 770 g/mol. The van der Waals surface area contributed by atoms with Gasteiger partial charge in [-0.3, -0.25) is 0 Å². The maximum absolute atomic E-state index is 2.59. The quantitative estimate of drug-likeness (QED) is 0.142. The molecule has 0 saturated heterocycles. The van der Waals surface area contributed by atoms with E-state index in [1.807, 2.05) is 0 Å². The van der Waals surface area contributed by atoms with Gasteiger partial charge in [0.25, 0.3) is 0 Å². The zero-order valence-corrected chi connectivity index (χ0v) is 33.9. The van der Waals surface area contributed by atoms with Crippen LogP contribution in [0.15, 0.2) is 236 Å². The number of para-hydroxylation sites is 3. The first-order valence-electron chi connectivity index (χ1n) is 21.3. The van der Waals surface area contributed by atoms with E-state index >= 15 is 0 Å². The lowest BCUT2D eigenvalue weighted by atomic mass is 9.63. The molecule has 3 aliphatic rings. The molecule has 1 atom stereocenters. The number of benzene rings is 8. The summed E-state index contributed by atoms with van der Waals surface area (Å²) in [5, 5.41) is 5.09. The topological polar surface area (TPSA) is 6.48 Å². The van der Waals surface area contributed by atoms with Crippen molar-refractivity contribution in [2.75, 3.05) is 9.80 Å². The number of nitrogens with zero attached hydrogens (tertiary/aromatic N) is 2. The molecule has 2 nitrogen and oxygen atoms in total. The fraction of sp³-hybridized carbons (Fsp3) is 0.103. The van der Waals surface area contributed by atoms with Crippen LogP contribution in [0.2, 0.25) is 0 Å². The van der Waals surface area contributed by atoms with Crippen LogP contribution in [0.1, 0.15) is 48.4 Å². The number of rotatable bonds is 8. The molecule has 0 radical (unpaired) electrons. The van der Waals surface area contributed by atoms with Crippen molar-refractivity contribution in [1.29, 1.82) is 0 Å². The molecule has 0 aliphatic heterocycles. The van der Waals surface area contributed by atoms with Crippen LogP contribution < -0.4 is 9.80 Å². The third-order valence-electron chi connectivity index (χ3n) is 13.0. The molecule has 1 unspecified atom stereocenters. The number of fused-ring (bicyclic) bond motifs is 7. The highest BCUT2D eigenvalue weighted by atomic mass is 15.2. The highest BCUT2D eigenvalue weighted by molar-refractivity contribution is 6.19. The Kier molecular flexibility index (Phi) is 8.74. The maximum atomic E-state index is 2.59. The van der Waals surface area contributed by atoms with Gasteiger partial charge in [-0.15, -0.1) is 0 Å². The number of hydrogen-bond donors (Lipinski definition) is 0. The van der Waals surface area contributed by atoms with Crippen LogP contribution in [-0.2, 0) is 5.41 Å². The number of anilines is 4. The highest BCUT2D eigenvalue weighted by Crippen LogP contribution is 2.62. The van der Waals surface area contributed by atoms with E-state index < -0.39 is 5.41 Å². The molecule has 8 aromatic carbocycles. The SMILES string of the molecule is CC1(N(C2=CCCC=C2)c2ccccc2)C=CC2=C(C1)C(c1ccccc1)(c1ccccc1)c1c2c2ccccc2c2cc(N(c3ccccc3)c3ccccc3)ccc12. The van der Waals surface area contributed by atoms with Crippen molar-refractivity contribution < 1.29 is 0 Å². The van der Waals surface area contributed by atoms with Crippen molar-refractivity contribution in [3.63, 3.8) is 0 Å². The molecule has 0 amide bonds. The fourth-order valence-electron chi connectivity index (χ4n) is 10.6. The Morgan fingerprint density at radius 1 is 0.467 bits per heavy atom. The Balaban J connectivity index is 1.22. The molecule has 11 rings (SSSR count). The van der Waals surface area contributed by atoms with E-state index in [1.54, 1.807) is 0 Å². The second kappa shape index (κ2) is 14.6. The minimum absolute atomic E-state index is 0.366. The molecule has 0 fully saturated rings. The lowest BCUT2D eigenvalue weighted by Gasteiger charge is -2.47. The van der Waals surface area contributed by atoms with E-state index in [0.29, 0.717) is 0 Å². The number of allylic oxidation sites excluding steroid dienone is 5. The van der Waals surface area contributed by atoms with E-state index in [9.17, 15) is 0 Å². The summed E-state index contributed by atoms with van der Waals surface area (Å²) in [7, 11) is 0. The molecular formula is C58H46N2. The van der Waals surface area contributed by atoms with E-state index in [2.05, 4.69) is 241 Å². The van der Waals surface area contributed by atoms with Gasteiger partial charge >= 0.3 is 0 Å². The summed E-state index contributed by atoms with van der Waals surface area (Å²) in [6.07, 6.45) is 15.0. The smallest absolute Gasteiger partial charge is 0.0683 e. The Bertz CT molecular complexity index is 2920. The molecule has 0 spiro atoms. The van der Waals surface area contributed by atoms with Crippen LogP contribution in [0.5, 0.6) is 0 Å². The van der Waals surface area contributed by atoms with Crippen molar-refractivity contribution in [3.05, 3.63) is 258 Å². The van der Waals surface area contributed by atoms with Gasteiger partial charge < -0.3 is 9.80 Å². The molecule has 2 heteroatoms. The van der Waals surface area contributed by atoms with Gasteiger partial charge in [-0.25, -0.2) is 0 Å².